The van der Waals surface area contributed by atoms with Crippen LogP contribution < -0.4 is 0 Å². The van der Waals surface area contributed by atoms with Crippen molar-refractivity contribution in [3.63, 3.8) is 0 Å². The molecule has 0 N–H and O–H groups in total. The number of carbonyl (C=O) groups excluding carboxylic acids is 2. The Hall–Kier alpha value is -2.81. The highest BCUT2D eigenvalue weighted by Gasteiger charge is 2.34. The van der Waals surface area contributed by atoms with Gasteiger partial charge in [0.1, 0.15) is 6.04 Å². The molecule has 0 radical (unpaired) electrons. The van der Waals surface area contributed by atoms with Crippen LogP contribution in [-0.4, -0.2) is 56.4 Å². The molecule has 1 aliphatic heterocycles. The number of aromatic nitrogens is 3. The summed E-state index contributed by atoms with van der Waals surface area (Å²) in [5, 5.41) is 4.84. The second-order valence-corrected chi connectivity index (χ2v) is 8.52. The van der Waals surface area contributed by atoms with Gasteiger partial charge < -0.3 is 14.3 Å². The molecule has 0 spiro atoms. The molecule has 1 atom stereocenters. The highest BCUT2D eigenvalue weighted by Crippen LogP contribution is 2.26. The molecule has 4 rings (SSSR count). The molecule has 3 heterocycles. The molecule has 1 saturated heterocycles. The van der Waals surface area contributed by atoms with Crippen LogP contribution in [0.25, 0.3) is 10.2 Å². The van der Waals surface area contributed by atoms with Crippen LogP contribution in [0, 0.1) is 6.92 Å². The van der Waals surface area contributed by atoms with Crippen molar-refractivity contribution in [2.45, 2.75) is 45.6 Å². The molecule has 158 valence electrons. The number of hydrogen-bond donors (Lipinski definition) is 0. The van der Waals surface area contributed by atoms with Gasteiger partial charge in [-0.3, -0.25) is 9.59 Å². The Labute approximate surface area is 178 Å². The zero-order valence-electron chi connectivity index (χ0n) is 17.2. The first kappa shape index (κ1) is 20.5. The van der Waals surface area contributed by atoms with Crippen LogP contribution >= 0.6 is 11.3 Å². The standard InChI is InChI=1S/C21H25N5O3S/c1-3-19(27)26-12-6-11-25(13-16(26)21-22-14(2)24-29-21)20(28)10-9-18-23-15-7-4-5-8-17(15)30-18/h4-5,7-8,16H,3,6,9-13H2,1-2H3. The number of rotatable bonds is 5. The maximum absolute atomic E-state index is 13.0. The summed E-state index contributed by atoms with van der Waals surface area (Å²) in [6.07, 6.45) is 2.12. The van der Waals surface area contributed by atoms with Crippen LogP contribution in [0.3, 0.4) is 0 Å². The molecule has 9 heteroatoms. The van der Waals surface area contributed by atoms with Gasteiger partial charge in [-0.1, -0.05) is 24.2 Å². The van der Waals surface area contributed by atoms with Gasteiger partial charge >= 0.3 is 0 Å². The van der Waals surface area contributed by atoms with E-state index >= 15 is 0 Å². The number of carbonyl (C=O) groups is 2. The third-order valence-corrected chi connectivity index (χ3v) is 6.39. The van der Waals surface area contributed by atoms with E-state index in [4.69, 9.17) is 4.52 Å². The topological polar surface area (TPSA) is 92.4 Å². The van der Waals surface area contributed by atoms with E-state index in [1.165, 1.54) is 0 Å². The van der Waals surface area contributed by atoms with Gasteiger partial charge in [-0.05, 0) is 25.5 Å². The molecule has 8 nitrogen and oxygen atoms in total. The van der Waals surface area contributed by atoms with Gasteiger partial charge in [0.15, 0.2) is 5.82 Å². The fourth-order valence-corrected chi connectivity index (χ4v) is 4.74. The van der Waals surface area contributed by atoms with Crippen LogP contribution in [0.4, 0.5) is 0 Å². The lowest BCUT2D eigenvalue weighted by Gasteiger charge is -2.29. The summed E-state index contributed by atoms with van der Waals surface area (Å²) in [5.41, 5.74) is 0.972. The van der Waals surface area contributed by atoms with Gasteiger partial charge in [0.05, 0.1) is 21.8 Å². The lowest BCUT2D eigenvalue weighted by molar-refractivity contribution is -0.136. The van der Waals surface area contributed by atoms with Crippen molar-refractivity contribution in [2.75, 3.05) is 19.6 Å². The number of thiazole rings is 1. The molecule has 1 aliphatic rings. The summed E-state index contributed by atoms with van der Waals surface area (Å²) in [6.45, 7) is 5.13. The molecule has 2 amide bonds. The second kappa shape index (κ2) is 8.91. The van der Waals surface area contributed by atoms with Crippen LogP contribution in [0.2, 0.25) is 0 Å². The van der Waals surface area contributed by atoms with E-state index in [-0.39, 0.29) is 11.8 Å². The lowest BCUT2D eigenvalue weighted by Crippen LogP contribution is -2.40. The van der Waals surface area contributed by atoms with Crippen molar-refractivity contribution in [3.8, 4) is 0 Å². The molecule has 0 saturated carbocycles. The van der Waals surface area contributed by atoms with E-state index in [2.05, 4.69) is 15.1 Å². The number of fused-ring (bicyclic) bond motifs is 1. The van der Waals surface area contributed by atoms with Crippen molar-refractivity contribution in [1.82, 2.24) is 24.9 Å². The number of hydrogen-bond acceptors (Lipinski definition) is 7. The van der Waals surface area contributed by atoms with Crippen LogP contribution in [0.5, 0.6) is 0 Å². The van der Waals surface area contributed by atoms with Gasteiger partial charge in [-0.25, -0.2) is 4.98 Å². The van der Waals surface area contributed by atoms with Gasteiger partial charge in [0.25, 0.3) is 5.89 Å². The molecule has 1 aromatic carbocycles. The Morgan fingerprint density at radius 3 is 2.77 bits per heavy atom. The van der Waals surface area contributed by atoms with Gasteiger partial charge in [0.2, 0.25) is 11.8 Å². The largest absolute Gasteiger partial charge is 0.340 e. The quantitative estimate of drug-likeness (QED) is 0.621. The molecular weight excluding hydrogens is 402 g/mol. The van der Waals surface area contributed by atoms with E-state index in [1.54, 1.807) is 23.2 Å². The first-order valence-electron chi connectivity index (χ1n) is 10.3. The summed E-state index contributed by atoms with van der Waals surface area (Å²) in [7, 11) is 0. The molecule has 0 bridgehead atoms. The number of para-hydroxylation sites is 1. The molecule has 30 heavy (non-hydrogen) atoms. The summed E-state index contributed by atoms with van der Waals surface area (Å²) >= 11 is 1.63. The highest BCUT2D eigenvalue weighted by molar-refractivity contribution is 7.18. The first-order valence-corrected chi connectivity index (χ1v) is 11.1. The number of aryl methyl sites for hydroxylation is 2. The number of benzene rings is 1. The highest BCUT2D eigenvalue weighted by atomic mass is 32.1. The van der Waals surface area contributed by atoms with E-state index in [1.807, 2.05) is 36.1 Å². The van der Waals surface area contributed by atoms with Crippen LogP contribution in [0.1, 0.15) is 49.0 Å². The molecular formula is C21H25N5O3S. The maximum Gasteiger partial charge on any atom is 0.251 e. The van der Waals surface area contributed by atoms with Crippen LogP contribution in [-0.2, 0) is 16.0 Å². The van der Waals surface area contributed by atoms with E-state index in [0.29, 0.717) is 50.6 Å². The fourth-order valence-electron chi connectivity index (χ4n) is 3.77. The average molecular weight is 428 g/mol. The Bertz CT molecular complexity index is 1010. The van der Waals surface area contributed by atoms with E-state index < -0.39 is 6.04 Å². The predicted molar refractivity (Wildman–Crippen MR) is 113 cm³/mol. The van der Waals surface area contributed by atoms with Crippen molar-refractivity contribution in [3.05, 3.63) is 41.0 Å². The molecule has 1 unspecified atom stereocenters. The van der Waals surface area contributed by atoms with Crippen molar-refractivity contribution in [2.24, 2.45) is 0 Å². The SMILES string of the molecule is CCC(=O)N1CCCN(C(=O)CCc2nc3ccccc3s2)CC1c1nc(C)no1. The Morgan fingerprint density at radius 2 is 2.03 bits per heavy atom. The fraction of sp³-hybridized carbons (Fsp3) is 0.476. The van der Waals surface area contributed by atoms with Crippen LogP contribution in [0.15, 0.2) is 28.8 Å². The normalized spacial score (nSPS) is 17.3. The molecule has 1 fully saturated rings. The maximum atomic E-state index is 13.0. The average Bonchev–Trinajstić information content (AvgIpc) is 3.30. The van der Waals surface area contributed by atoms with E-state index in [0.717, 1.165) is 21.6 Å². The number of nitrogens with zero attached hydrogens (tertiary/aromatic N) is 5. The smallest absolute Gasteiger partial charge is 0.251 e. The minimum absolute atomic E-state index is 0.0274. The zero-order valence-corrected chi connectivity index (χ0v) is 18.0. The summed E-state index contributed by atoms with van der Waals surface area (Å²) in [5.74, 6) is 0.993. The predicted octanol–water partition coefficient (Wildman–Crippen LogP) is 3.13. The zero-order chi connectivity index (χ0) is 21.1. The second-order valence-electron chi connectivity index (χ2n) is 7.40. The minimum atomic E-state index is -0.410. The molecule has 2 aromatic heterocycles. The summed E-state index contributed by atoms with van der Waals surface area (Å²) in [4.78, 5) is 38.1. The molecule has 3 aromatic rings. The third-order valence-electron chi connectivity index (χ3n) is 5.29. The first-order chi connectivity index (χ1) is 14.5. The minimum Gasteiger partial charge on any atom is -0.340 e. The van der Waals surface area contributed by atoms with Crippen molar-refractivity contribution < 1.29 is 14.1 Å². The monoisotopic (exact) mass is 427 g/mol. The molecule has 0 aliphatic carbocycles. The van der Waals surface area contributed by atoms with Crippen molar-refractivity contribution >= 4 is 33.4 Å². The number of amides is 2. The van der Waals surface area contributed by atoms with E-state index in [9.17, 15) is 9.59 Å². The Balaban J connectivity index is 1.47. The third kappa shape index (κ3) is 4.35. The Kier molecular flexibility index (Phi) is 6.08. The lowest BCUT2D eigenvalue weighted by atomic mass is 10.2. The van der Waals surface area contributed by atoms with Crippen molar-refractivity contribution in [1.29, 1.82) is 0 Å². The van der Waals surface area contributed by atoms with Gasteiger partial charge in [-0.15, -0.1) is 11.3 Å². The van der Waals surface area contributed by atoms with Gasteiger partial charge in [-0.2, -0.15) is 4.98 Å². The summed E-state index contributed by atoms with van der Waals surface area (Å²) < 4.78 is 6.51. The van der Waals surface area contributed by atoms with Gasteiger partial charge in [0, 0.05) is 32.4 Å². The Morgan fingerprint density at radius 1 is 1.20 bits per heavy atom. The summed E-state index contributed by atoms with van der Waals surface area (Å²) in [6, 6.07) is 7.59.